The number of rotatable bonds is 6. The summed E-state index contributed by atoms with van der Waals surface area (Å²) in [7, 11) is -1.52. The largest absolute Gasteiger partial charge is 0.488 e. The second-order valence-corrected chi connectivity index (χ2v) is 9.05. The van der Waals surface area contributed by atoms with Crippen LogP contribution in [0.3, 0.4) is 0 Å². The number of benzene rings is 2. The number of nitrogens with two attached hydrogens (primary N) is 1. The van der Waals surface area contributed by atoms with E-state index in [0.717, 1.165) is 31.8 Å². The normalized spacial score (nSPS) is 12.5. The van der Waals surface area contributed by atoms with Gasteiger partial charge in [-0.05, 0) is 24.0 Å². The molecule has 1 aliphatic heterocycles. The molecule has 0 fully saturated rings. The summed E-state index contributed by atoms with van der Waals surface area (Å²) in [5.74, 6) is 1.31. The van der Waals surface area contributed by atoms with Crippen LogP contribution in [0.5, 0.6) is 5.75 Å². The Labute approximate surface area is 194 Å². The lowest BCUT2D eigenvalue weighted by atomic mass is 9.80. The van der Waals surface area contributed by atoms with Crippen LogP contribution in [0.4, 0.5) is 5.82 Å². The fourth-order valence-electron chi connectivity index (χ4n) is 4.06. The first-order chi connectivity index (χ1) is 15.9. The van der Waals surface area contributed by atoms with Crippen LogP contribution >= 0.6 is 11.3 Å². The number of carbonyl (C=O) groups is 1. The molecule has 0 unspecified atom stereocenters. The molecule has 33 heavy (non-hydrogen) atoms. The molecule has 1 aliphatic rings. The number of nitrogens with one attached hydrogen (secondary N) is 1. The van der Waals surface area contributed by atoms with E-state index in [1.54, 1.807) is 24.3 Å². The Balaban J connectivity index is 1.56. The highest BCUT2D eigenvalue weighted by Crippen LogP contribution is 2.41. The molecule has 3 heterocycles. The third kappa shape index (κ3) is 3.93. The zero-order valence-corrected chi connectivity index (χ0v) is 18.6. The van der Waals surface area contributed by atoms with Crippen molar-refractivity contribution >= 4 is 45.7 Å². The predicted molar refractivity (Wildman–Crippen MR) is 129 cm³/mol. The number of nitrogens with zero attached hydrogens (tertiary/aromatic N) is 2. The molecule has 2 aromatic carbocycles. The molecule has 166 valence electrons. The molecule has 1 amide bonds. The van der Waals surface area contributed by atoms with Gasteiger partial charge < -0.3 is 25.8 Å². The Hall–Kier alpha value is -3.47. The van der Waals surface area contributed by atoms with Gasteiger partial charge in [0.1, 0.15) is 0 Å². The van der Waals surface area contributed by atoms with Gasteiger partial charge in [-0.3, -0.25) is 4.79 Å². The molecule has 0 saturated heterocycles. The molecule has 0 saturated carbocycles. The maximum atomic E-state index is 11.9. The van der Waals surface area contributed by atoms with E-state index in [1.165, 1.54) is 11.3 Å². The van der Waals surface area contributed by atoms with Gasteiger partial charge in [0.05, 0.1) is 17.9 Å². The second-order valence-electron chi connectivity index (χ2n) is 7.82. The predicted octanol–water partition coefficient (Wildman–Crippen LogP) is 1.99. The first kappa shape index (κ1) is 21.4. The molecular weight excluding hydrogens is 439 g/mol. The molecule has 4 aromatic rings. The maximum Gasteiger partial charge on any atom is 0.488 e. The Bertz CT molecular complexity index is 1390. The van der Waals surface area contributed by atoms with Crippen LogP contribution in [0.25, 0.3) is 21.5 Å². The molecule has 0 spiro atoms. The number of thiophene rings is 1. The van der Waals surface area contributed by atoms with Crippen LogP contribution in [-0.2, 0) is 13.0 Å². The van der Waals surface area contributed by atoms with E-state index in [9.17, 15) is 14.8 Å². The Morgan fingerprint density at radius 3 is 2.85 bits per heavy atom. The SMILES string of the molecule is Cc1sc2c(C(N)=O)cccc2c1-c1nc2c(c(NCc3cccc(B(O)O)c3)n1)OCC2. The maximum absolute atomic E-state index is 11.9. The highest BCUT2D eigenvalue weighted by molar-refractivity contribution is 7.20. The van der Waals surface area contributed by atoms with Crippen LogP contribution in [0.2, 0.25) is 0 Å². The first-order valence-corrected chi connectivity index (χ1v) is 11.3. The average molecular weight is 460 g/mol. The first-order valence-electron chi connectivity index (χ1n) is 10.5. The summed E-state index contributed by atoms with van der Waals surface area (Å²) in [6.07, 6.45) is 0.680. The Kier molecular flexibility index (Phi) is 5.49. The zero-order chi connectivity index (χ0) is 23.1. The van der Waals surface area contributed by atoms with Crippen molar-refractivity contribution in [3.05, 3.63) is 64.2 Å². The lowest BCUT2D eigenvalue weighted by Gasteiger charge is -2.12. The van der Waals surface area contributed by atoms with Gasteiger partial charge in [0.15, 0.2) is 17.4 Å². The number of hydrogen-bond donors (Lipinski definition) is 4. The fourth-order valence-corrected chi connectivity index (χ4v) is 5.23. The monoisotopic (exact) mass is 460 g/mol. The molecule has 0 aliphatic carbocycles. The smallest absolute Gasteiger partial charge is 0.487 e. The lowest BCUT2D eigenvalue weighted by Crippen LogP contribution is -2.30. The number of anilines is 1. The van der Waals surface area contributed by atoms with E-state index in [4.69, 9.17) is 20.4 Å². The standard InChI is InChI=1S/C23H21BN4O4S/c1-12-18(15-6-3-7-16(21(25)29)20(15)33-12)22-27-17-8-9-32-19(17)23(28-22)26-11-13-4-2-5-14(10-13)24(30)31/h2-7,10,30-31H,8-9,11H2,1H3,(H2,25,29)(H,26,27,28). The van der Waals surface area contributed by atoms with Gasteiger partial charge in [-0.25, -0.2) is 9.97 Å². The lowest BCUT2D eigenvalue weighted by molar-refractivity contribution is 0.100. The summed E-state index contributed by atoms with van der Waals surface area (Å²) in [4.78, 5) is 22.5. The van der Waals surface area contributed by atoms with Crippen molar-refractivity contribution in [3.8, 4) is 17.1 Å². The zero-order valence-electron chi connectivity index (χ0n) is 17.8. The van der Waals surface area contributed by atoms with Gasteiger partial charge in [-0.1, -0.05) is 36.4 Å². The molecule has 10 heteroatoms. The third-order valence-electron chi connectivity index (χ3n) is 5.61. The van der Waals surface area contributed by atoms with Crippen LogP contribution < -0.4 is 21.3 Å². The van der Waals surface area contributed by atoms with E-state index >= 15 is 0 Å². The molecule has 0 bridgehead atoms. The summed E-state index contributed by atoms with van der Waals surface area (Å²) in [5, 5.41) is 23.1. The highest BCUT2D eigenvalue weighted by Gasteiger charge is 2.24. The van der Waals surface area contributed by atoms with E-state index in [1.807, 2.05) is 25.1 Å². The minimum absolute atomic E-state index is 0.419. The van der Waals surface area contributed by atoms with Crippen LogP contribution in [0.1, 0.15) is 26.5 Å². The summed E-state index contributed by atoms with van der Waals surface area (Å²) in [6, 6.07) is 12.5. The van der Waals surface area contributed by atoms with Crippen LogP contribution in [0.15, 0.2) is 42.5 Å². The summed E-state index contributed by atoms with van der Waals surface area (Å²) in [6.45, 7) is 2.93. The Morgan fingerprint density at radius 2 is 2.06 bits per heavy atom. The summed E-state index contributed by atoms with van der Waals surface area (Å²) >= 11 is 1.50. The fraction of sp³-hybridized carbons (Fsp3) is 0.174. The number of primary amides is 1. The third-order valence-corrected chi connectivity index (χ3v) is 6.77. The number of amides is 1. The molecular formula is C23H21BN4O4S. The number of carbonyl (C=O) groups excluding carboxylic acids is 1. The van der Waals surface area contributed by atoms with E-state index in [-0.39, 0.29) is 0 Å². The molecule has 0 atom stereocenters. The number of hydrogen-bond acceptors (Lipinski definition) is 8. The topological polar surface area (TPSA) is 131 Å². The number of fused-ring (bicyclic) bond motifs is 2. The molecule has 8 nitrogen and oxygen atoms in total. The van der Waals surface area contributed by atoms with Gasteiger partial charge in [0.25, 0.3) is 0 Å². The number of ether oxygens (including phenoxy) is 1. The summed E-state index contributed by atoms with van der Waals surface area (Å²) < 4.78 is 6.62. The van der Waals surface area contributed by atoms with Crippen LogP contribution in [-0.4, -0.2) is 39.6 Å². The van der Waals surface area contributed by atoms with Gasteiger partial charge in [-0.2, -0.15) is 0 Å². The van der Waals surface area contributed by atoms with Gasteiger partial charge in [0.2, 0.25) is 5.91 Å². The second kappa shape index (κ2) is 8.47. The van der Waals surface area contributed by atoms with Gasteiger partial charge in [-0.15, -0.1) is 11.3 Å². The molecule has 2 aromatic heterocycles. The van der Waals surface area contributed by atoms with Gasteiger partial charge in [0, 0.05) is 33.5 Å². The average Bonchev–Trinajstić information content (AvgIpc) is 3.40. The van der Waals surface area contributed by atoms with Crippen molar-refractivity contribution < 1.29 is 19.6 Å². The van der Waals surface area contributed by atoms with Crippen molar-refractivity contribution in [2.75, 3.05) is 11.9 Å². The quantitative estimate of drug-likeness (QED) is 0.324. The van der Waals surface area contributed by atoms with Crippen molar-refractivity contribution in [2.24, 2.45) is 5.73 Å². The summed E-state index contributed by atoms with van der Waals surface area (Å²) in [5.41, 5.74) is 9.06. The molecule has 5 rings (SSSR count). The number of aryl methyl sites for hydroxylation is 1. The minimum Gasteiger partial charge on any atom is -0.487 e. The number of aromatic nitrogens is 2. The van der Waals surface area contributed by atoms with Crippen LogP contribution in [0, 0.1) is 6.92 Å². The van der Waals surface area contributed by atoms with Crippen molar-refractivity contribution in [1.29, 1.82) is 0 Å². The Morgan fingerprint density at radius 1 is 1.24 bits per heavy atom. The molecule has 5 N–H and O–H groups in total. The molecule has 0 radical (unpaired) electrons. The minimum atomic E-state index is -1.52. The highest BCUT2D eigenvalue weighted by atomic mass is 32.1. The van der Waals surface area contributed by atoms with Crippen molar-refractivity contribution in [1.82, 2.24) is 9.97 Å². The van der Waals surface area contributed by atoms with E-state index < -0.39 is 13.0 Å². The van der Waals surface area contributed by atoms with Crippen molar-refractivity contribution in [2.45, 2.75) is 19.9 Å². The van der Waals surface area contributed by atoms with E-state index in [0.29, 0.717) is 48.0 Å². The van der Waals surface area contributed by atoms with E-state index in [2.05, 4.69) is 5.32 Å². The van der Waals surface area contributed by atoms with Gasteiger partial charge >= 0.3 is 7.12 Å². The van der Waals surface area contributed by atoms with Crippen molar-refractivity contribution in [3.63, 3.8) is 0 Å².